The molecule has 1 heterocycles. The summed E-state index contributed by atoms with van der Waals surface area (Å²) in [5.74, 6) is 0. The Kier molecular flexibility index (Phi) is 3.52. The molecule has 0 spiro atoms. The third kappa shape index (κ3) is 2.19. The Hall–Kier alpha value is -1.74. The van der Waals surface area contributed by atoms with E-state index in [0.717, 1.165) is 0 Å². The van der Waals surface area contributed by atoms with Crippen LogP contribution in [0.3, 0.4) is 0 Å². The van der Waals surface area contributed by atoms with Gasteiger partial charge in [0.05, 0.1) is 23.7 Å². The van der Waals surface area contributed by atoms with E-state index in [1.54, 1.807) is 0 Å². The first kappa shape index (κ1) is 11.3. The van der Waals surface area contributed by atoms with Gasteiger partial charge in [0, 0.05) is 24.0 Å². The van der Waals surface area contributed by atoms with Crippen molar-refractivity contribution < 1.29 is 8.78 Å². The van der Waals surface area contributed by atoms with Gasteiger partial charge in [0.1, 0.15) is 0 Å². The van der Waals surface area contributed by atoms with Crippen molar-refractivity contribution in [2.45, 2.75) is 19.4 Å². The number of pyridine rings is 1. The standard InChI is InChI=1S/C9H10F2N4/c10-9(11)7-6(3-13)15-4-5(1-2-12)8(7)14/h4,9H,1,3,13H2,(H2,14,15). The summed E-state index contributed by atoms with van der Waals surface area (Å²) < 4.78 is 25.3. The molecule has 0 aliphatic rings. The van der Waals surface area contributed by atoms with Crippen LogP contribution in [0.1, 0.15) is 23.2 Å². The summed E-state index contributed by atoms with van der Waals surface area (Å²) in [7, 11) is 0. The van der Waals surface area contributed by atoms with Crippen molar-refractivity contribution in [2.75, 3.05) is 5.73 Å². The second kappa shape index (κ2) is 4.66. The SMILES string of the molecule is N#CCc1cnc(CN)c(C(F)F)c1N. The predicted molar refractivity (Wildman–Crippen MR) is 50.8 cm³/mol. The third-order valence-electron chi connectivity index (χ3n) is 2.00. The molecule has 0 amide bonds. The number of halogens is 2. The molecule has 1 aromatic heterocycles. The number of nitriles is 1. The largest absolute Gasteiger partial charge is 0.398 e. The molecule has 0 fully saturated rings. The van der Waals surface area contributed by atoms with Gasteiger partial charge in [-0.15, -0.1) is 0 Å². The molecule has 4 nitrogen and oxygen atoms in total. The third-order valence-corrected chi connectivity index (χ3v) is 2.00. The molecule has 1 aromatic rings. The topological polar surface area (TPSA) is 88.7 Å². The van der Waals surface area contributed by atoms with Crippen LogP contribution in [0, 0.1) is 11.3 Å². The Morgan fingerprint density at radius 3 is 2.67 bits per heavy atom. The van der Waals surface area contributed by atoms with Crippen molar-refractivity contribution in [2.24, 2.45) is 5.73 Å². The maximum Gasteiger partial charge on any atom is 0.267 e. The van der Waals surface area contributed by atoms with Crippen molar-refractivity contribution in [3.8, 4) is 6.07 Å². The lowest BCUT2D eigenvalue weighted by Gasteiger charge is -2.11. The van der Waals surface area contributed by atoms with Gasteiger partial charge in [-0.05, 0) is 0 Å². The monoisotopic (exact) mass is 212 g/mol. The van der Waals surface area contributed by atoms with E-state index in [0.29, 0.717) is 5.56 Å². The van der Waals surface area contributed by atoms with Crippen LogP contribution in [-0.4, -0.2) is 4.98 Å². The van der Waals surface area contributed by atoms with Crippen molar-refractivity contribution in [1.29, 1.82) is 5.26 Å². The smallest absolute Gasteiger partial charge is 0.267 e. The van der Waals surface area contributed by atoms with Crippen molar-refractivity contribution in [3.05, 3.63) is 23.0 Å². The van der Waals surface area contributed by atoms with Crippen LogP contribution >= 0.6 is 0 Å². The number of aromatic nitrogens is 1. The van der Waals surface area contributed by atoms with E-state index >= 15 is 0 Å². The van der Waals surface area contributed by atoms with Gasteiger partial charge in [0.25, 0.3) is 6.43 Å². The van der Waals surface area contributed by atoms with Crippen LogP contribution in [0.25, 0.3) is 0 Å². The van der Waals surface area contributed by atoms with Crippen LogP contribution in [0.2, 0.25) is 0 Å². The molecule has 0 radical (unpaired) electrons. The number of hydrogen-bond acceptors (Lipinski definition) is 4. The van der Waals surface area contributed by atoms with E-state index in [9.17, 15) is 8.78 Å². The fourth-order valence-electron chi connectivity index (χ4n) is 1.26. The second-order valence-electron chi connectivity index (χ2n) is 2.90. The van der Waals surface area contributed by atoms with E-state index in [1.807, 2.05) is 6.07 Å². The maximum absolute atomic E-state index is 12.6. The van der Waals surface area contributed by atoms with E-state index < -0.39 is 6.43 Å². The van der Waals surface area contributed by atoms with Crippen LogP contribution < -0.4 is 11.5 Å². The molecule has 0 aromatic carbocycles. The molecule has 6 heteroatoms. The van der Waals surface area contributed by atoms with Gasteiger partial charge in [-0.25, -0.2) is 8.78 Å². The average Bonchev–Trinajstić information content (AvgIpc) is 2.20. The molecule has 0 aliphatic carbocycles. The molecule has 0 atom stereocenters. The number of nitrogen functional groups attached to an aromatic ring is 1. The van der Waals surface area contributed by atoms with Crippen LogP contribution in [0.4, 0.5) is 14.5 Å². The fourth-order valence-corrected chi connectivity index (χ4v) is 1.26. The Balaban J connectivity index is 3.30. The highest BCUT2D eigenvalue weighted by Gasteiger charge is 2.19. The summed E-state index contributed by atoms with van der Waals surface area (Å²) >= 11 is 0. The summed E-state index contributed by atoms with van der Waals surface area (Å²) in [4.78, 5) is 3.76. The first-order chi connectivity index (χ1) is 7.11. The van der Waals surface area contributed by atoms with Crippen molar-refractivity contribution in [1.82, 2.24) is 4.98 Å². The molecule has 0 aliphatic heterocycles. The van der Waals surface area contributed by atoms with E-state index in [4.69, 9.17) is 16.7 Å². The van der Waals surface area contributed by atoms with Crippen molar-refractivity contribution in [3.63, 3.8) is 0 Å². The highest BCUT2D eigenvalue weighted by molar-refractivity contribution is 5.56. The second-order valence-corrected chi connectivity index (χ2v) is 2.90. The van der Waals surface area contributed by atoms with Gasteiger partial charge in [-0.1, -0.05) is 0 Å². The molecule has 0 unspecified atom stereocenters. The average molecular weight is 212 g/mol. The zero-order valence-corrected chi connectivity index (χ0v) is 7.87. The highest BCUT2D eigenvalue weighted by atomic mass is 19.3. The minimum Gasteiger partial charge on any atom is -0.398 e. The maximum atomic E-state index is 12.6. The Bertz CT molecular complexity index is 398. The van der Waals surface area contributed by atoms with Crippen LogP contribution in [0.15, 0.2) is 6.20 Å². The number of alkyl halides is 2. The summed E-state index contributed by atoms with van der Waals surface area (Å²) in [6.45, 7) is -0.100. The zero-order valence-electron chi connectivity index (χ0n) is 7.87. The van der Waals surface area contributed by atoms with E-state index in [-0.39, 0.29) is 29.9 Å². The molecule has 0 saturated heterocycles. The zero-order chi connectivity index (χ0) is 11.4. The molecular formula is C9H10F2N4. The molecule has 1 rings (SSSR count). The normalized spacial score (nSPS) is 10.3. The quantitative estimate of drug-likeness (QED) is 0.785. The molecule has 4 N–H and O–H groups in total. The van der Waals surface area contributed by atoms with Crippen LogP contribution in [0.5, 0.6) is 0 Å². The highest BCUT2D eigenvalue weighted by Crippen LogP contribution is 2.29. The minimum absolute atomic E-state index is 0.0383. The van der Waals surface area contributed by atoms with Gasteiger partial charge in [-0.3, -0.25) is 4.98 Å². The summed E-state index contributed by atoms with van der Waals surface area (Å²) in [5.41, 5.74) is 10.7. The summed E-state index contributed by atoms with van der Waals surface area (Å²) in [5, 5.41) is 8.45. The molecule has 0 saturated carbocycles. The number of hydrogen-bond donors (Lipinski definition) is 2. The van der Waals surface area contributed by atoms with Gasteiger partial charge >= 0.3 is 0 Å². The van der Waals surface area contributed by atoms with Gasteiger partial charge in [0.15, 0.2) is 0 Å². The summed E-state index contributed by atoms with van der Waals surface area (Å²) in [6.07, 6.45) is -1.45. The molecular weight excluding hydrogens is 202 g/mol. The minimum atomic E-state index is -2.73. The Morgan fingerprint density at radius 1 is 1.53 bits per heavy atom. The number of anilines is 1. The lowest BCUT2D eigenvalue weighted by molar-refractivity contribution is 0.150. The first-order valence-electron chi connectivity index (χ1n) is 4.23. The lowest BCUT2D eigenvalue weighted by Crippen LogP contribution is -2.10. The number of rotatable bonds is 3. The van der Waals surface area contributed by atoms with Crippen molar-refractivity contribution >= 4 is 5.69 Å². The Morgan fingerprint density at radius 2 is 2.20 bits per heavy atom. The van der Waals surface area contributed by atoms with E-state index in [1.165, 1.54) is 6.20 Å². The summed E-state index contributed by atoms with van der Waals surface area (Å²) in [6, 6.07) is 1.83. The molecule has 0 bridgehead atoms. The Labute approximate surface area is 85.5 Å². The van der Waals surface area contributed by atoms with Crippen LogP contribution in [-0.2, 0) is 13.0 Å². The number of nitrogens with zero attached hydrogens (tertiary/aromatic N) is 2. The number of nitrogens with two attached hydrogens (primary N) is 2. The lowest BCUT2D eigenvalue weighted by atomic mass is 10.1. The first-order valence-corrected chi connectivity index (χ1v) is 4.23. The predicted octanol–water partition coefficient (Wildman–Crippen LogP) is 1.13. The van der Waals surface area contributed by atoms with E-state index in [2.05, 4.69) is 4.98 Å². The molecule has 15 heavy (non-hydrogen) atoms. The fraction of sp³-hybridized carbons (Fsp3) is 0.333. The van der Waals surface area contributed by atoms with Gasteiger partial charge in [0.2, 0.25) is 0 Å². The van der Waals surface area contributed by atoms with Gasteiger partial charge < -0.3 is 11.5 Å². The van der Waals surface area contributed by atoms with Gasteiger partial charge in [-0.2, -0.15) is 5.26 Å². The molecule has 80 valence electrons.